The molecule has 142 valence electrons. The molecular formula is C18H25N3O5. The molecule has 2 rings (SSSR count). The van der Waals surface area contributed by atoms with Gasteiger partial charge < -0.3 is 19.9 Å². The van der Waals surface area contributed by atoms with Crippen molar-refractivity contribution in [2.24, 2.45) is 16.8 Å². The first-order chi connectivity index (χ1) is 12.5. The number of primary amides is 1. The van der Waals surface area contributed by atoms with E-state index >= 15 is 0 Å². The standard InChI is InChI=1S/C18H25N3O5/c1-24-14-8-12(9-15(25-2)17(14)26-11-16(19)22)10-20-21-18(23)13-6-4-3-5-7-13/h8-10,13H,3-7,11H2,1-2H3,(H2,19,22)(H,21,23)/b20-10-. The minimum absolute atomic E-state index is 0.0366. The molecule has 3 N–H and O–H groups in total. The third-order valence-corrected chi connectivity index (χ3v) is 4.21. The van der Waals surface area contributed by atoms with E-state index < -0.39 is 5.91 Å². The number of carbonyl (C=O) groups is 2. The molecule has 1 aromatic carbocycles. The molecule has 0 aliphatic heterocycles. The van der Waals surface area contributed by atoms with E-state index in [0.29, 0.717) is 17.1 Å². The van der Waals surface area contributed by atoms with Gasteiger partial charge in [0.15, 0.2) is 18.1 Å². The molecule has 1 aromatic rings. The number of methoxy groups -OCH3 is 2. The smallest absolute Gasteiger partial charge is 0.255 e. The zero-order valence-electron chi connectivity index (χ0n) is 15.1. The Morgan fingerprint density at radius 2 is 1.81 bits per heavy atom. The third-order valence-electron chi connectivity index (χ3n) is 4.21. The molecule has 26 heavy (non-hydrogen) atoms. The van der Waals surface area contributed by atoms with Crippen LogP contribution in [-0.4, -0.2) is 38.9 Å². The normalized spacial score (nSPS) is 14.8. The Morgan fingerprint density at radius 1 is 1.19 bits per heavy atom. The van der Waals surface area contributed by atoms with Crippen LogP contribution in [0.4, 0.5) is 0 Å². The molecule has 0 heterocycles. The number of rotatable bonds is 8. The van der Waals surface area contributed by atoms with E-state index in [1.165, 1.54) is 26.9 Å². The van der Waals surface area contributed by atoms with Crippen LogP contribution in [0, 0.1) is 5.92 Å². The maximum atomic E-state index is 12.1. The van der Waals surface area contributed by atoms with E-state index in [1.54, 1.807) is 12.1 Å². The summed E-state index contributed by atoms with van der Waals surface area (Å²) in [5.41, 5.74) is 8.34. The molecule has 1 saturated carbocycles. The fourth-order valence-corrected chi connectivity index (χ4v) is 2.89. The van der Waals surface area contributed by atoms with Gasteiger partial charge in [0.05, 0.1) is 20.4 Å². The lowest BCUT2D eigenvalue weighted by molar-refractivity contribution is -0.126. The SMILES string of the molecule is COc1cc(/C=N\NC(=O)C2CCCCC2)cc(OC)c1OCC(N)=O. The molecule has 8 nitrogen and oxygen atoms in total. The largest absolute Gasteiger partial charge is 0.493 e. The van der Waals surface area contributed by atoms with Gasteiger partial charge in [-0.2, -0.15) is 5.10 Å². The van der Waals surface area contributed by atoms with Gasteiger partial charge in [-0.3, -0.25) is 9.59 Å². The van der Waals surface area contributed by atoms with Crippen molar-refractivity contribution in [3.05, 3.63) is 17.7 Å². The highest BCUT2D eigenvalue weighted by molar-refractivity contribution is 5.85. The number of benzene rings is 1. The number of hydrogen-bond donors (Lipinski definition) is 2. The molecule has 1 fully saturated rings. The summed E-state index contributed by atoms with van der Waals surface area (Å²) in [5.74, 6) is 0.384. The number of nitrogens with two attached hydrogens (primary N) is 1. The van der Waals surface area contributed by atoms with Gasteiger partial charge in [-0.1, -0.05) is 19.3 Å². The Morgan fingerprint density at radius 3 is 2.35 bits per heavy atom. The van der Waals surface area contributed by atoms with Crippen molar-refractivity contribution in [1.82, 2.24) is 5.43 Å². The van der Waals surface area contributed by atoms with Crippen molar-refractivity contribution in [3.8, 4) is 17.2 Å². The minimum Gasteiger partial charge on any atom is -0.493 e. The lowest BCUT2D eigenvalue weighted by Crippen LogP contribution is -2.28. The Balaban J connectivity index is 2.08. The van der Waals surface area contributed by atoms with Crippen LogP contribution in [0.5, 0.6) is 17.2 Å². The third kappa shape index (κ3) is 5.37. The maximum Gasteiger partial charge on any atom is 0.255 e. The predicted octanol–water partition coefficient (Wildman–Crippen LogP) is 1.60. The molecule has 2 amide bonds. The van der Waals surface area contributed by atoms with Crippen LogP contribution in [-0.2, 0) is 9.59 Å². The van der Waals surface area contributed by atoms with E-state index in [-0.39, 0.29) is 24.2 Å². The molecule has 8 heteroatoms. The topological polar surface area (TPSA) is 112 Å². The summed E-state index contributed by atoms with van der Waals surface area (Å²) in [6.07, 6.45) is 6.69. The van der Waals surface area contributed by atoms with Crippen LogP contribution < -0.4 is 25.4 Å². The summed E-state index contributed by atoms with van der Waals surface area (Å²) in [4.78, 5) is 23.0. The van der Waals surface area contributed by atoms with Gasteiger partial charge in [0, 0.05) is 11.5 Å². The number of ether oxygens (including phenoxy) is 3. The van der Waals surface area contributed by atoms with Crippen molar-refractivity contribution in [3.63, 3.8) is 0 Å². The molecule has 0 bridgehead atoms. The highest BCUT2D eigenvalue weighted by atomic mass is 16.5. The van der Waals surface area contributed by atoms with Crippen molar-refractivity contribution in [2.75, 3.05) is 20.8 Å². The quantitative estimate of drug-likeness (QED) is 0.538. The van der Waals surface area contributed by atoms with Crippen molar-refractivity contribution in [2.45, 2.75) is 32.1 Å². The van der Waals surface area contributed by atoms with E-state index in [9.17, 15) is 9.59 Å². The highest BCUT2D eigenvalue weighted by Gasteiger charge is 2.20. The molecular weight excluding hydrogens is 338 g/mol. The minimum atomic E-state index is -0.606. The second kappa shape index (κ2) is 9.65. The van der Waals surface area contributed by atoms with E-state index in [0.717, 1.165) is 25.7 Å². The second-order valence-corrected chi connectivity index (χ2v) is 6.08. The average molecular weight is 363 g/mol. The summed E-state index contributed by atoms with van der Waals surface area (Å²) >= 11 is 0. The molecule has 0 spiro atoms. The van der Waals surface area contributed by atoms with Crippen molar-refractivity contribution in [1.29, 1.82) is 0 Å². The number of carbonyl (C=O) groups excluding carboxylic acids is 2. The van der Waals surface area contributed by atoms with Crippen LogP contribution in [0.15, 0.2) is 17.2 Å². The van der Waals surface area contributed by atoms with Gasteiger partial charge in [0.1, 0.15) is 0 Å². The van der Waals surface area contributed by atoms with E-state index in [4.69, 9.17) is 19.9 Å². The van der Waals surface area contributed by atoms with Crippen LogP contribution in [0.3, 0.4) is 0 Å². The molecule has 0 unspecified atom stereocenters. The Kier molecular flexibility index (Phi) is 7.25. The zero-order chi connectivity index (χ0) is 18.9. The summed E-state index contributed by atoms with van der Waals surface area (Å²) in [6.45, 7) is -0.294. The van der Waals surface area contributed by atoms with Crippen LogP contribution in [0.1, 0.15) is 37.7 Å². The molecule has 1 aliphatic rings. The molecule has 0 atom stereocenters. The fourth-order valence-electron chi connectivity index (χ4n) is 2.89. The van der Waals surface area contributed by atoms with Gasteiger partial charge in [0.25, 0.3) is 5.91 Å². The van der Waals surface area contributed by atoms with E-state index in [2.05, 4.69) is 10.5 Å². The van der Waals surface area contributed by atoms with E-state index in [1.807, 2.05) is 0 Å². The first kappa shape index (κ1) is 19.6. The number of nitrogens with zero attached hydrogens (tertiary/aromatic N) is 1. The van der Waals surface area contributed by atoms with Gasteiger partial charge in [-0.05, 0) is 25.0 Å². The molecule has 0 saturated heterocycles. The first-order valence-electron chi connectivity index (χ1n) is 8.55. The van der Waals surface area contributed by atoms with Gasteiger partial charge in [0.2, 0.25) is 11.7 Å². The van der Waals surface area contributed by atoms with Crippen molar-refractivity contribution >= 4 is 18.0 Å². The highest BCUT2D eigenvalue weighted by Crippen LogP contribution is 2.38. The molecule has 0 radical (unpaired) electrons. The summed E-state index contributed by atoms with van der Waals surface area (Å²) in [5, 5.41) is 4.02. The zero-order valence-corrected chi connectivity index (χ0v) is 15.1. The average Bonchev–Trinajstić information content (AvgIpc) is 2.66. The number of hydrogen-bond acceptors (Lipinski definition) is 6. The molecule has 0 aromatic heterocycles. The molecule has 1 aliphatic carbocycles. The summed E-state index contributed by atoms with van der Waals surface area (Å²) < 4.78 is 15.9. The maximum absolute atomic E-state index is 12.1. The summed E-state index contributed by atoms with van der Waals surface area (Å²) in [7, 11) is 2.94. The lowest BCUT2D eigenvalue weighted by atomic mass is 9.89. The van der Waals surface area contributed by atoms with Crippen LogP contribution in [0.25, 0.3) is 0 Å². The fraction of sp³-hybridized carbons (Fsp3) is 0.500. The van der Waals surface area contributed by atoms with Gasteiger partial charge >= 0.3 is 0 Å². The number of hydrazone groups is 1. The van der Waals surface area contributed by atoms with Gasteiger partial charge in [-0.15, -0.1) is 0 Å². The number of nitrogens with one attached hydrogen (secondary N) is 1. The Hall–Kier alpha value is -2.77. The number of amides is 2. The Labute approximate surface area is 152 Å². The Bertz CT molecular complexity index is 644. The van der Waals surface area contributed by atoms with Crippen LogP contribution in [0.2, 0.25) is 0 Å². The second-order valence-electron chi connectivity index (χ2n) is 6.08. The van der Waals surface area contributed by atoms with Gasteiger partial charge in [-0.25, -0.2) is 5.43 Å². The predicted molar refractivity (Wildman–Crippen MR) is 96.5 cm³/mol. The summed E-state index contributed by atoms with van der Waals surface area (Å²) in [6, 6.07) is 3.32. The van der Waals surface area contributed by atoms with Crippen molar-refractivity contribution < 1.29 is 23.8 Å². The monoisotopic (exact) mass is 363 g/mol. The van der Waals surface area contributed by atoms with Crippen LogP contribution >= 0.6 is 0 Å². The lowest BCUT2D eigenvalue weighted by Gasteiger charge is -2.19. The first-order valence-corrected chi connectivity index (χ1v) is 8.55.